The van der Waals surface area contributed by atoms with Crippen molar-refractivity contribution in [3.8, 4) is 0 Å². The quantitative estimate of drug-likeness (QED) is 0.639. The van der Waals surface area contributed by atoms with Crippen molar-refractivity contribution in [2.45, 2.75) is 25.4 Å². The zero-order chi connectivity index (χ0) is 16.0. The van der Waals surface area contributed by atoms with Crippen LogP contribution in [-0.4, -0.2) is 46.4 Å². The molecule has 5 N–H and O–H groups in total. The van der Waals surface area contributed by atoms with Gasteiger partial charge in [-0.15, -0.1) is 0 Å². The fraction of sp³-hybridized carbons (Fsp3) is 0.357. The maximum atomic E-state index is 12.2. The number of carbonyl (C=O) groups excluding carboxylic acids is 2. The van der Waals surface area contributed by atoms with E-state index < -0.39 is 36.4 Å². The van der Waals surface area contributed by atoms with Gasteiger partial charge in [0.2, 0.25) is 11.8 Å². The van der Waals surface area contributed by atoms with E-state index in [9.17, 15) is 14.4 Å². The Hall–Kier alpha value is -2.25. The summed E-state index contributed by atoms with van der Waals surface area (Å²) >= 11 is 0. The fourth-order valence-corrected chi connectivity index (χ4v) is 1.80. The van der Waals surface area contributed by atoms with Gasteiger partial charge in [-0.3, -0.25) is 19.3 Å². The van der Waals surface area contributed by atoms with E-state index in [4.69, 9.17) is 16.6 Å². The van der Waals surface area contributed by atoms with Crippen LogP contribution >= 0.6 is 0 Å². The summed E-state index contributed by atoms with van der Waals surface area (Å²) in [7, 11) is 0. The first-order valence-corrected chi connectivity index (χ1v) is 6.45. The summed E-state index contributed by atoms with van der Waals surface area (Å²) in [4.78, 5) is 35.4. The topological polar surface area (TPSA) is 127 Å². The van der Waals surface area contributed by atoms with Crippen molar-refractivity contribution in [2.24, 2.45) is 11.5 Å². The summed E-state index contributed by atoms with van der Waals surface area (Å²) in [6.45, 7) is 0.634. The molecule has 7 heteroatoms. The van der Waals surface area contributed by atoms with Gasteiger partial charge in [0.1, 0.15) is 6.54 Å². The molecule has 0 radical (unpaired) electrons. The maximum Gasteiger partial charge on any atom is 0.323 e. The molecule has 0 aromatic heterocycles. The molecular formula is C14H19N3O4. The van der Waals surface area contributed by atoms with E-state index >= 15 is 0 Å². The Morgan fingerprint density at radius 2 is 1.71 bits per heavy atom. The average Bonchev–Trinajstić information content (AvgIpc) is 2.44. The van der Waals surface area contributed by atoms with Crippen molar-refractivity contribution in [2.75, 3.05) is 6.54 Å². The number of carboxylic acid groups (broad SMARTS) is 1. The van der Waals surface area contributed by atoms with Crippen LogP contribution < -0.4 is 11.5 Å². The summed E-state index contributed by atoms with van der Waals surface area (Å²) in [5.41, 5.74) is 12.0. The zero-order valence-electron chi connectivity index (χ0n) is 11.7. The van der Waals surface area contributed by atoms with Crippen LogP contribution in [0.1, 0.15) is 12.5 Å². The minimum Gasteiger partial charge on any atom is -0.480 e. The molecule has 1 rings (SSSR count). The van der Waals surface area contributed by atoms with Gasteiger partial charge < -0.3 is 16.6 Å². The molecule has 114 valence electrons. The van der Waals surface area contributed by atoms with Crippen LogP contribution in [0.25, 0.3) is 0 Å². The Labute approximate surface area is 122 Å². The summed E-state index contributed by atoms with van der Waals surface area (Å²) in [5, 5.41) is 8.81. The van der Waals surface area contributed by atoms with Gasteiger partial charge in [0.25, 0.3) is 0 Å². The molecule has 7 nitrogen and oxygen atoms in total. The Morgan fingerprint density at radius 1 is 1.14 bits per heavy atom. The predicted octanol–water partition coefficient (Wildman–Crippen LogP) is -0.657. The van der Waals surface area contributed by atoms with E-state index in [1.165, 1.54) is 6.92 Å². The third-order valence-electron chi connectivity index (χ3n) is 2.83. The number of aliphatic carboxylic acids is 1. The average molecular weight is 293 g/mol. The minimum atomic E-state index is -1.30. The number of carbonyl (C=O) groups is 3. The Balaban J connectivity index is 2.84. The zero-order valence-corrected chi connectivity index (χ0v) is 11.7. The first-order valence-electron chi connectivity index (χ1n) is 6.45. The number of carboxylic acids is 1. The van der Waals surface area contributed by atoms with E-state index in [2.05, 4.69) is 0 Å². The molecule has 0 heterocycles. The lowest BCUT2D eigenvalue weighted by atomic mass is 10.1. The lowest BCUT2D eigenvalue weighted by Gasteiger charge is -2.24. The predicted molar refractivity (Wildman–Crippen MR) is 76.1 cm³/mol. The molecule has 0 aliphatic heterocycles. The van der Waals surface area contributed by atoms with Gasteiger partial charge in [0.15, 0.2) is 0 Å². The second-order valence-corrected chi connectivity index (χ2v) is 4.74. The number of amides is 2. The molecule has 1 aromatic rings. The summed E-state index contributed by atoms with van der Waals surface area (Å²) in [6.07, 6.45) is 0.210. The summed E-state index contributed by atoms with van der Waals surface area (Å²) in [5.74, 6) is -2.81. The number of nitrogens with zero attached hydrogens (tertiary/aromatic N) is 1. The summed E-state index contributed by atoms with van der Waals surface area (Å²) in [6, 6.07) is 7.03. The largest absolute Gasteiger partial charge is 0.480 e. The first kappa shape index (κ1) is 16.8. The van der Waals surface area contributed by atoms with Crippen molar-refractivity contribution in [1.82, 2.24) is 4.90 Å². The third kappa shape index (κ3) is 4.97. The molecule has 2 unspecified atom stereocenters. The Bertz CT molecular complexity index is 516. The third-order valence-corrected chi connectivity index (χ3v) is 2.83. The van der Waals surface area contributed by atoms with Crippen LogP contribution in [0.5, 0.6) is 0 Å². The van der Waals surface area contributed by atoms with E-state index in [1.807, 2.05) is 6.07 Å². The molecule has 21 heavy (non-hydrogen) atoms. The van der Waals surface area contributed by atoms with Gasteiger partial charge in [-0.25, -0.2) is 0 Å². The second kappa shape index (κ2) is 7.51. The van der Waals surface area contributed by atoms with Crippen LogP contribution in [0.2, 0.25) is 0 Å². The SMILES string of the molecule is CC(N)C(=O)N(CC(=O)O)C(=O)C(N)Cc1ccccc1. The number of benzene rings is 1. The lowest BCUT2D eigenvalue weighted by molar-refractivity contribution is -0.153. The summed E-state index contributed by atoms with van der Waals surface area (Å²) < 4.78 is 0. The van der Waals surface area contributed by atoms with Gasteiger partial charge in [-0.05, 0) is 18.9 Å². The molecule has 0 spiro atoms. The van der Waals surface area contributed by atoms with Gasteiger partial charge >= 0.3 is 5.97 Å². The van der Waals surface area contributed by atoms with Crippen LogP contribution in [0.15, 0.2) is 30.3 Å². The molecule has 0 saturated heterocycles. The van der Waals surface area contributed by atoms with E-state index in [-0.39, 0.29) is 6.42 Å². The van der Waals surface area contributed by atoms with E-state index in [0.717, 1.165) is 5.56 Å². The highest BCUT2D eigenvalue weighted by molar-refractivity contribution is 6.02. The minimum absolute atomic E-state index is 0.210. The van der Waals surface area contributed by atoms with Crippen molar-refractivity contribution in [3.05, 3.63) is 35.9 Å². The van der Waals surface area contributed by atoms with Crippen LogP contribution in [0.3, 0.4) is 0 Å². The number of imide groups is 1. The fourth-order valence-electron chi connectivity index (χ4n) is 1.80. The van der Waals surface area contributed by atoms with Crippen molar-refractivity contribution >= 4 is 17.8 Å². The molecular weight excluding hydrogens is 274 g/mol. The van der Waals surface area contributed by atoms with Crippen LogP contribution in [0.4, 0.5) is 0 Å². The monoisotopic (exact) mass is 293 g/mol. The van der Waals surface area contributed by atoms with E-state index in [0.29, 0.717) is 4.90 Å². The van der Waals surface area contributed by atoms with Crippen molar-refractivity contribution in [1.29, 1.82) is 0 Å². The second-order valence-electron chi connectivity index (χ2n) is 4.74. The Kier molecular flexibility index (Phi) is 6.01. The molecule has 0 saturated carbocycles. The van der Waals surface area contributed by atoms with Gasteiger partial charge in [0, 0.05) is 0 Å². The number of nitrogens with two attached hydrogens (primary N) is 2. The van der Waals surface area contributed by atoms with Crippen LogP contribution in [-0.2, 0) is 20.8 Å². The standard InChI is InChI=1S/C14H19N3O4/c1-9(15)13(20)17(8-12(18)19)14(21)11(16)7-10-5-3-2-4-6-10/h2-6,9,11H,7-8,15-16H2,1H3,(H,18,19). The number of hydrogen-bond donors (Lipinski definition) is 3. The molecule has 2 atom stereocenters. The highest BCUT2D eigenvalue weighted by Crippen LogP contribution is 2.05. The first-order chi connectivity index (χ1) is 9.82. The highest BCUT2D eigenvalue weighted by atomic mass is 16.4. The smallest absolute Gasteiger partial charge is 0.323 e. The van der Waals surface area contributed by atoms with Crippen LogP contribution in [0, 0.1) is 0 Å². The highest BCUT2D eigenvalue weighted by Gasteiger charge is 2.30. The van der Waals surface area contributed by atoms with Crippen molar-refractivity contribution < 1.29 is 19.5 Å². The van der Waals surface area contributed by atoms with E-state index in [1.54, 1.807) is 24.3 Å². The molecule has 0 aliphatic carbocycles. The van der Waals surface area contributed by atoms with Gasteiger partial charge in [0.05, 0.1) is 12.1 Å². The maximum absolute atomic E-state index is 12.2. The Morgan fingerprint density at radius 3 is 2.19 bits per heavy atom. The van der Waals surface area contributed by atoms with Crippen molar-refractivity contribution in [3.63, 3.8) is 0 Å². The van der Waals surface area contributed by atoms with Gasteiger partial charge in [-0.2, -0.15) is 0 Å². The molecule has 0 bridgehead atoms. The lowest BCUT2D eigenvalue weighted by Crippen LogP contribution is -2.53. The normalized spacial score (nSPS) is 13.3. The molecule has 2 amide bonds. The number of hydrogen-bond acceptors (Lipinski definition) is 5. The molecule has 0 fully saturated rings. The van der Waals surface area contributed by atoms with Gasteiger partial charge in [-0.1, -0.05) is 30.3 Å². The number of rotatable bonds is 6. The molecule has 1 aromatic carbocycles. The molecule has 0 aliphatic rings.